The second-order valence-corrected chi connectivity index (χ2v) is 5.99. The van der Waals surface area contributed by atoms with Gasteiger partial charge in [-0.05, 0) is 44.1 Å². The van der Waals surface area contributed by atoms with E-state index in [0.717, 1.165) is 32.4 Å². The maximum atomic E-state index is 11.8. The van der Waals surface area contributed by atoms with Crippen LogP contribution in [-0.4, -0.2) is 25.2 Å². The van der Waals surface area contributed by atoms with Crippen molar-refractivity contribution < 1.29 is 9.53 Å². The molecule has 2 rings (SSSR count). The monoisotopic (exact) mass is 225 g/mol. The Morgan fingerprint density at radius 2 is 1.94 bits per heavy atom. The van der Waals surface area contributed by atoms with Crippen LogP contribution in [0.4, 0.5) is 0 Å². The number of rotatable bonds is 2. The van der Waals surface area contributed by atoms with Gasteiger partial charge in [0.05, 0.1) is 5.92 Å². The average molecular weight is 225 g/mol. The van der Waals surface area contributed by atoms with Crippen molar-refractivity contribution in [3.05, 3.63) is 0 Å². The van der Waals surface area contributed by atoms with E-state index in [1.807, 2.05) is 0 Å². The molecule has 0 aromatic rings. The number of ether oxygens (including phenoxy) is 1. The quantitative estimate of drug-likeness (QED) is 0.731. The van der Waals surface area contributed by atoms with E-state index in [2.05, 4.69) is 19.2 Å². The SMILES string of the molecule is CC1(C)CCC(OC(=O)C2CCNC2)CC1. The van der Waals surface area contributed by atoms with E-state index in [-0.39, 0.29) is 18.0 Å². The molecule has 0 aromatic heterocycles. The van der Waals surface area contributed by atoms with Crippen LogP contribution in [0.1, 0.15) is 46.0 Å². The molecule has 2 aliphatic rings. The first-order chi connectivity index (χ1) is 7.57. The Morgan fingerprint density at radius 3 is 2.50 bits per heavy atom. The number of hydrogen-bond acceptors (Lipinski definition) is 3. The molecule has 0 amide bonds. The molecular weight excluding hydrogens is 202 g/mol. The lowest BCUT2D eigenvalue weighted by Crippen LogP contribution is -2.31. The van der Waals surface area contributed by atoms with Crippen LogP contribution < -0.4 is 5.32 Å². The van der Waals surface area contributed by atoms with Gasteiger partial charge in [0, 0.05) is 6.54 Å². The van der Waals surface area contributed by atoms with E-state index in [1.165, 1.54) is 12.8 Å². The number of esters is 1. The van der Waals surface area contributed by atoms with Gasteiger partial charge in [-0.15, -0.1) is 0 Å². The van der Waals surface area contributed by atoms with Crippen molar-refractivity contribution >= 4 is 5.97 Å². The Kier molecular flexibility index (Phi) is 3.53. The van der Waals surface area contributed by atoms with Crippen molar-refractivity contribution in [3.8, 4) is 0 Å². The van der Waals surface area contributed by atoms with Crippen molar-refractivity contribution in [2.24, 2.45) is 11.3 Å². The van der Waals surface area contributed by atoms with Crippen LogP contribution in [-0.2, 0) is 9.53 Å². The standard InChI is InChI=1S/C13H23NO2/c1-13(2)6-3-11(4-7-13)16-12(15)10-5-8-14-9-10/h10-11,14H,3-9H2,1-2H3. The molecule has 0 radical (unpaired) electrons. The van der Waals surface area contributed by atoms with Gasteiger partial charge < -0.3 is 10.1 Å². The second-order valence-electron chi connectivity index (χ2n) is 5.99. The first-order valence-electron chi connectivity index (χ1n) is 6.48. The number of carbonyl (C=O) groups is 1. The minimum atomic E-state index is 0.0229. The summed E-state index contributed by atoms with van der Waals surface area (Å²) in [5, 5.41) is 3.20. The molecule has 3 nitrogen and oxygen atoms in total. The molecule has 1 atom stereocenters. The van der Waals surface area contributed by atoms with E-state index in [1.54, 1.807) is 0 Å². The van der Waals surface area contributed by atoms with Gasteiger partial charge in [-0.2, -0.15) is 0 Å². The van der Waals surface area contributed by atoms with Gasteiger partial charge in [0.1, 0.15) is 6.10 Å². The second kappa shape index (κ2) is 4.74. The Balaban J connectivity index is 1.76. The first-order valence-corrected chi connectivity index (χ1v) is 6.48. The molecule has 1 heterocycles. The summed E-state index contributed by atoms with van der Waals surface area (Å²) in [4.78, 5) is 11.8. The number of hydrogen-bond donors (Lipinski definition) is 1. The zero-order chi connectivity index (χ0) is 11.6. The van der Waals surface area contributed by atoms with E-state index in [4.69, 9.17) is 4.74 Å². The van der Waals surface area contributed by atoms with Gasteiger partial charge >= 0.3 is 5.97 Å². The molecule has 3 heteroatoms. The summed E-state index contributed by atoms with van der Waals surface area (Å²) >= 11 is 0. The predicted octanol–water partition coefficient (Wildman–Crippen LogP) is 2.11. The van der Waals surface area contributed by atoms with Crippen LogP contribution in [0.3, 0.4) is 0 Å². The largest absolute Gasteiger partial charge is 0.462 e. The lowest BCUT2D eigenvalue weighted by Gasteiger charge is -2.34. The van der Waals surface area contributed by atoms with Gasteiger partial charge in [0.15, 0.2) is 0 Å². The highest BCUT2D eigenvalue weighted by Crippen LogP contribution is 2.36. The third-order valence-corrected chi connectivity index (χ3v) is 3.96. The summed E-state index contributed by atoms with van der Waals surface area (Å²) < 4.78 is 5.59. The maximum absolute atomic E-state index is 11.8. The van der Waals surface area contributed by atoms with Crippen molar-refractivity contribution in [1.29, 1.82) is 0 Å². The summed E-state index contributed by atoms with van der Waals surface area (Å²) in [7, 11) is 0. The highest BCUT2D eigenvalue weighted by atomic mass is 16.5. The van der Waals surface area contributed by atoms with Gasteiger partial charge in [0.2, 0.25) is 0 Å². The van der Waals surface area contributed by atoms with Crippen molar-refractivity contribution in [2.75, 3.05) is 13.1 Å². The van der Waals surface area contributed by atoms with Crippen LogP contribution in [0.2, 0.25) is 0 Å². The summed E-state index contributed by atoms with van der Waals surface area (Å²) in [6.07, 6.45) is 5.55. The fraction of sp³-hybridized carbons (Fsp3) is 0.923. The molecule has 2 fully saturated rings. The smallest absolute Gasteiger partial charge is 0.310 e. The van der Waals surface area contributed by atoms with Crippen LogP contribution >= 0.6 is 0 Å². The van der Waals surface area contributed by atoms with E-state index >= 15 is 0 Å². The van der Waals surface area contributed by atoms with Crippen LogP contribution in [0.15, 0.2) is 0 Å². The molecule has 1 unspecified atom stereocenters. The lowest BCUT2D eigenvalue weighted by atomic mass is 9.76. The fourth-order valence-electron chi connectivity index (χ4n) is 2.61. The summed E-state index contributed by atoms with van der Waals surface area (Å²) in [6, 6.07) is 0. The van der Waals surface area contributed by atoms with E-state index in [0.29, 0.717) is 5.41 Å². The third kappa shape index (κ3) is 2.97. The van der Waals surface area contributed by atoms with Gasteiger partial charge in [-0.25, -0.2) is 0 Å². The minimum Gasteiger partial charge on any atom is -0.462 e. The highest BCUT2D eigenvalue weighted by molar-refractivity contribution is 5.73. The normalized spacial score (nSPS) is 30.2. The number of nitrogens with one attached hydrogen (secondary N) is 1. The first kappa shape index (κ1) is 11.9. The van der Waals surface area contributed by atoms with Crippen molar-refractivity contribution in [1.82, 2.24) is 5.32 Å². The molecule has 1 aliphatic heterocycles. The summed E-state index contributed by atoms with van der Waals surface area (Å²) in [6.45, 7) is 6.35. The minimum absolute atomic E-state index is 0.0229. The average Bonchev–Trinajstić information content (AvgIpc) is 2.74. The fourth-order valence-corrected chi connectivity index (χ4v) is 2.61. The Labute approximate surface area is 97.9 Å². The van der Waals surface area contributed by atoms with Crippen LogP contribution in [0, 0.1) is 11.3 Å². The molecule has 0 spiro atoms. The van der Waals surface area contributed by atoms with Gasteiger partial charge in [-0.3, -0.25) is 4.79 Å². The van der Waals surface area contributed by atoms with Crippen LogP contribution in [0.25, 0.3) is 0 Å². The zero-order valence-electron chi connectivity index (χ0n) is 10.4. The van der Waals surface area contributed by atoms with Crippen LogP contribution in [0.5, 0.6) is 0 Å². The molecule has 1 saturated carbocycles. The lowest BCUT2D eigenvalue weighted by molar-refractivity contribution is -0.155. The molecule has 0 bridgehead atoms. The molecule has 1 N–H and O–H groups in total. The zero-order valence-corrected chi connectivity index (χ0v) is 10.4. The Morgan fingerprint density at radius 1 is 1.25 bits per heavy atom. The molecule has 1 saturated heterocycles. The van der Waals surface area contributed by atoms with Crippen molar-refractivity contribution in [3.63, 3.8) is 0 Å². The Bertz CT molecular complexity index is 247. The predicted molar refractivity (Wildman–Crippen MR) is 63.1 cm³/mol. The number of carbonyl (C=O) groups excluding carboxylic acids is 1. The van der Waals surface area contributed by atoms with Gasteiger partial charge in [-0.1, -0.05) is 13.8 Å². The molecule has 0 aromatic carbocycles. The molecule has 92 valence electrons. The highest BCUT2D eigenvalue weighted by Gasteiger charge is 2.31. The maximum Gasteiger partial charge on any atom is 0.310 e. The van der Waals surface area contributed by atoms with Crippen molar-refractivity contribution in [2.45, 2.75) is 52.1 Å². The van der Waals surface area contributed by atoms with E-state index < -0.39 is 0 Å². The Hall–Kier alpha value is -0.570. The molecule has 16 heavy (non-hydrogen) atoms. The molecular formula is C13H23NO2. The summed E-state index contributed by atoms with van der Waals surface area (Å²) in [5.41, 5.74) is 0.442. The summed E-state index contributed by atoms with van der Waals surface area (Å²) in [5.74, 6) is 0.129. The molecule has 1 aliphatic carbocycles. The third-order valence-electron chi connectivity index (χ3n) is 3.96. The topological polar surface area (TPSA) is 38.3 Å². The van der Waals surface area contributed by atoms with Gasteiger partial charge in [0.25, 0.3) is 0 Å². The van der Waals surface area contributed by atoms with E-state index in [9.17, 15) is 4.79 Å².